The lowest BCUT2D eigenvalue weighted by atomic mass is 9.89. The summed E-state index contributed by atoms with van der Waals surface area (Å²) in [7, 11) is 0. The van der Waals surface area contributed by atoms with E-state index >= 15 is 0 Å². The van der Waals surface area contributed by atoms with Crippen molar-refractivity contribution >= 4 is 16.7 Å². The Labute approximate surface area is 153 Å². The van der Waals surface area contributed by atoms with Crippen LogP contribution in [0.2, 0.25) is 0 Å². The van der Waals surface area contributed by atoms with Crippen LogP contribution in [0.5, 0.6) is 0 Å². The van der Waals surface area contributed by atoms with Crippen molar-refractivity contribution < 1.29 is 9.18 Å². The summed E-state index contributed by atoms with van der Waals surface area (Å²) in [5.41, 5.74) is 2.26. The molecule has 1 unspecified atom stereocenters. The molecule has 0 fully saturated rings. The third-order valence-corrected chi connectivity index (χ3v) is 4.40. The molecule has 0 bridgehead atoms. The Morgan fingerprint density at radius 2 is 1.92 bits per heavy atom. The maximum Gasteiger partial charge on any atom is 0.149 e. The fourth-order valence-electron chi connectivity index (χ4n) is 3.04. The van der Waals surface area contributed by atoms with Gasteiger partial charge in [-0.05, 0) is 36.6 Å². The number of benzene rings is 2. The van der Waals surface area contributed by atoms with Gasteiger partial charge in [0.1, 0.15) is 17.1 Å². The van der Waals surface area contributed by atoms with Gasteiger partial charge in [-0.3, -0.25) is 9.78 Å². The van der Waals surface area contributed by atoms with Crippen LogP contribution in [0.1, 0.15) is 24.5 Å². The van der Waals surface area contributed by atoms with Gasteiger partial charge in [0.2, 0.25) is 0 Å². The molecule has 0 spiro atoms. The average molecular weight is 345 g/mol. The summed E-state index contributed by atoms with van der Waals surface area (Å²) in [5.74, 6) is 5.54. The molecular weight excluding hydrogens is 325 g/mol. The Hall–Kier alpha value is -2.99. The monoisotopic (exact) mass is 345 g/mol. The van der Waals surface area contributed by atoms with Crippen LogP contribution in [0.4, 0.5) is 4.39 Å². The Balaban J connectivity index is 1.79. The Bertz CT molecular complexity index is 970. The van der Waals surface area contributed by atoms with E-state index in [0.29, 0.717) is 23.7 Å². The van der Waals surface area contributed by atoms with Crippen LogP contribution in [-0.2, 0) is 17.6 Å². The smallest absolute Gasteiger partial charge is 0.149 e. The molecule has 0 amide bonds. The lowest BCUT2D eigenvalue weighted by Gasteiger charge is -2.14. The van der Waals surface area contributed by atoms with Crippen LogP contribution < -0.4 is 0 Å². The Morgan fingerprint density at radius 3 is 2.69 bits per heavy atom. The van der Waals surface area contributed by atoms with Crippen molar-refractivity contribution in [1.82, 2.24) is 4.98 Å². The summed E-state index contributed by atoms with van der Waals surface area (Å²) in [6.45, 7) is 1.78. The van der Waals surface area contributed by atoms with Crippen molar-refractivity contribution in [2.45, 2.75) is 26.2 Å². The molecule has 0 aliphatic rings. The lowest BCUT2D eigenvalue weighted by Crippen LogP contribution is -2.19. The molecule has 0 saturated carbocycles. The number of carbonyl (C=O) groups excluding carboxylic acids is 1. The molecule has 0 aliphatic carbocycles. The minimum absolute atomic E-state index is 0.133. The maximum atomic E-state index is 13.7. The second-order valence-corrected chi connectivity index (χ2v) is 6.32. The van der Waals surface area contributed by atoms with Crippen LogP contribution in [0.3, 0.4) is 0 Å². The van der Waals surface area contributed by atoms with Gasteiger partial charge in [-0.15, -0.1) is 11.8 Å². The van der Waals surface area contributed by atoms with Crippen molar-refractivity contribution in [3.8, 4) is 11.8 Å². The van der Waals surface area contributed by atoms with Gasteiger partial charge in [-0.2, -0.15) is 0 Å². The largest absolute Gasteiger partial charge is 0.299 e. The van der Waals surface area contributed by atoms with Crippen LogP contribution in [-0.4, -0.2) is 10.8 Å². The average Bonchev–Trinajstić information content (AvgIpc) is 2.66. The highest BCUT2D eigenvalue weighted by atomic mass is 19.1. The topological polar surface area (TPSA) is 30.0 Å². The lowest BCUT2D eigenvalue weighted by molar-refractivity contribution is -0.122. The first kappa shape index (κ1) is 17.8. The molecule has 0 aliphatic heterocycles. The van der Waals surface area contributed by atoms with Gasteiger partial charge in [-0.1, -0.05) is 42.5 Å². The van der Waals surface area contributed by atoms with Gasteiger partial charge in [0.25, 0.3) is 0 Å². The first-order valence-corrected chi connectivity index (χ1v) is 8.67. The number of halogens is 1. The van der Waals surface area contributed by atoms with E-state index in [-0.39, 0.29) is 23.9 Å². The molecular formula is C23H20FNO. The second kappa shape index (κ2) is 8.40. The molecule has 3 rings (SSSR count). The van der Waals surface area contributed by atoms with Gasteiger partial charge < -0.3 is 0 Å². The van der Waals surface area contributed by atoms with Gasteiger partial charge in [0, 0.05) is 30.3 Å². The van der Waals surface area contributed by atoms with E-state index in [1.165, 1.54) is 6.07 Å². The van der Waals surface area contributed by atoms with Crippen molar-refractivity contribution in [3.63, 3.8) is 0 Å². The van der Waals surface area contributed by atoms with E-state index < -0.39 is 0 Å². The summed E-state index contributed by atoms with van der Waals surface area (Å²) < 4.78 is 13.7. The zero-order chi connectivity index (χ0) is 18.4. The van der Waals surface area contributed by atoms with Gasteiger partial charge in [-0.25, -0.2) is 4.39 Å². The van der Waals surface area contributed by atoms with Gasteiger partial charge in [0.05, 0.1) is 0 Å². The van der Waals surface area contributed by atoms with E-state index in [2.05, 4.69) is 16.8 Å². The van der Waals surface area contributed by atoms with Crippen molar-refractivity contribution in [3.05, 3.63) is 77.7 Å². The molecule has 2 nitrogen and oxygen atoms in total. The third kappa shape index (κ3) is 4.34. The standard InChI is InChI=1S/C23H20FNO/c1-2-3-10-19(13-17-8-5-4-6-9-17)22(26)15-18-14-20-11-7-12-21(24)23(20)25-16-18/h4-9,11-12,14,16,19H,10,13,15H2,1H3. The minimum atomic E-state index is -0.347. The highest BCUT2D eigenvalue weighted by Gasteiger charge is 2.19. The molecule has 3 heteroatoms. The number of rotatable bonds is 6. The SMILES string of the molecule is CC#CCC(Cc1ccccc1)C(=O)Cc1cnc2c(F)cccc2c1. The second-order valence-electron chi connectivity index (χ2n) is 6.32. The van der Waals surface area contributed by atoms with Crippen LogP contribution in [0.15, 0.2) is 60.8 Å². The van der Waals surface area contributed by atoms with E-state index in [1.54, 1.807) is 19.2 Å². The first-order valence-electron chi connectivity index (χ1n) is 8.67. The van der Waals surface area contributed by atoms with E-state index in [4.69, 9.17) is 0 Å². The minimum Gasteiger partial charge on any atom is -0.299 e. The number of carbonyl (C=O) groups is 1. The highest BCUT2D eigenvalue weighted by Crippen LogP contribution is 2.19. The molecule has 26 heavy (non-hydrogen) atoms. The van der Waals surface area contributed by atoms with Gasteiger partial charge in [0.15, 0.2) is 0 Å². The summed E-state index contributed by atoms with van der Waals surface area (Å²) in [5, 5.41) is 0.711. The zero-order valence-corrected chi connectivity index (χ0v) is 14.7. The molecule has 130 valence electrons. The summed E-state index contributed by atoms with van der Waals surface area (Å²) in [6.07, 6.45) is 3.08. The third-order valence-electron chi connectivity index (χ3n) is 4.40. The predicted octanol–water partition coefficient (Wildman–Crippen LogP) is 4.76. The quantitative estimate of drug-likeness (QED) is 0.603. The number of ketones is 1. The van der Waals surface area contributed by atoms with Crippen LogP contribution >= 0.6 is 0 Å². The van der Waals surface area contributed by atoms with Crippen molar-refractivity contribution in [2.24, 2.45) is 5.92 Å². The number of Topliss-reactive ketones (excluding diaryl/α,β-unsaturated/α-hetero) is 1. The number of pyridine rings is 1. The summed E-state index contributed by atoms with van der Waals surface area (Å²) >= 11 is 0. The molecule has 1 heterocycles. The van der Waals surface area contributed by atoms with Crippen LogP contribution in [0, 0.1) is 23.6 Å². The fourth-order valence-corrected chi connectivity index (χ4v) is 3.04. The Morgan fingerprint density at radius 1 is 1.12 bits per heavy atom. The predicted molar refractivity (Wildman–Crippen MR) is 102 cm³/mol. The molecule has 3 aromatic rings. The molecule has 1 atom stereocenters. The zero-order valence-electron chi connectivity index (χ0n) is 14.7. The number of hydrogen-bond donors (Lipinski definition) is 0. The molecule has 1 aromatic heterocycles. The number of aromatic nitrogens is 1. The number of para-hydroxylation sites is 1. The highest BCUT2D eigenvalue weighted by molar-refractivity contribution is 5.86. The normalized spacial score (nSPS) is 11.6. The molecule has 0 radical (unpaired) electrons. The summed E-state index contributed by atoms with van der Waals surface area (Å²) in [6, 6.07) is 16.7. The van der Waals surface area contributed by atoms with E-state index in [0.717, 1.165) is 11.1 Å². The molecule has 2 aromatic carbocycles. The Kier molecular flexibility index (Phi) is 5.76. The summed E-state index contributed by atoms with van der Waals surface area (Å²) in [4.78, 5) is 17.0. The fraction of sp³-hybridized carbons (Fsp3) is 0.217. The van der Waals surface area contributed by atoms with Crippen molar-refractivity contribution in [1.29, 1.82) is 0 Å². The molecule has 0 N–H and O–H groups in total. The first-order chi connectivity index (χ1) is 12.7. The molecule has 0 saturated heterocycles. The van der Waals surface area contributed by atoms with Gasteiger partial charge >= 0.3 is 0 Å². The number of hydrogen-bond acceptors (Lipinski definition) is 2. The van der Waals surface area contributed by atoms with E-state index in [9.17, 15) is 9.18 Å². The maximum absolute atomic E-state index is 13.7. The number of fused-ring (bicyclic) bond motifs is 1. The number of nitrogens with zero attached hydrogens (tertiary/aromatic N) is 1. The van der Waals surface area contributed by atoms with E-state index in [1.807, 2.05) is 42.5 Å². The van der Waals surface area contributed by atoms with Crippen LogP contribution in [0.25, 0.3) is 10.9 Å². The van der Waals surface area contributed by atoms with Crippen molar-refractivity contribution in [2.75, 3.05) is 0 Å².